The molecule has 1 aliphatic carbocycles. The van der Waals surface area contributed by atoms with Crippen LogP contribution < -0.4 is 0 Å². The van der Waals surface area contributed by atoms with Gasteiger partial charge in [-0.15, -0.1) is 0 Å². The Morgan fingerprint density at radius 1 is 1.28 bits per heavy atom. The smallest absolute Gasteiger partial charge is 0.338 e. The van der Waals surface area contributed by atoms with E-state index in [1.807, 2.05) is 6.92 Å². The number of benzene rings is 1. The molecule has 3 heteroatoms. The molecule has 1 aromatic rings. The van der Waals surface area contributed by atoms with Gasteiger partial charge in [0.1, 0.15) is 12.4 Å². The van der Waals surface area contributed by atoms with Crippen molar-refractivity contribution < 1.29 is 14.6 Å². The molecular formula is C15H18O3. The Morgan fingerprint density at radius 2 is 1.94 bits per heavy atom. The van der Waals surface area contributed by atoms with Gasteiger partial charge in [-0.05, 0) is 36.0 Å². The second-order valence-electron chi connectivity index (χ2n) is 6.54. The minimum Gasteiger partial charge on any atom is -0.508 e. The zero-order valence-electron chi connectivity index (χ0n) is 11.3. The molecule has 3 rings (SSSR count). The minimum atomic E-state index is -0.251. The summed E-state index contributed by atoms with van der Waals surface area (Å²) in [6.45, 7) is 8.62. The number of hydrogen-bond donors (Lipinski definition) is 1. The third kappa shape index (κ3) is 1.22. The normalized spacial score (nSPS) is 27.9. The topological polar surface area (TPSA) is 46.5 Å². The summed E-state index contributed by atoms with van der Waals surface area (Å²) in [5, 5.41) is 10.3. The van der Waals surface area contributed by atoms with Crippen LogP contribution in [-0.2, 0) is 15.6 Å². The molecule has 0 aromatic heterocycles. The number of ether oxygens (including phenoxy) is 1. The third-order valence-electron chi connectivity index (χ3n) is 4.34. The van der Waals surface area contributed by atoms with Crippen LogP contribution in [0.5, 0.6) is 5.75 Å². The maximum Gasteiger partial charge on any atom is 0.338 e. The van der Waals surface area contributed by atoms with E-state index in [9.17, 15) is 9.90 Å². The fourth-order valence-electron chi connectivity index (χ4n) is 3.92. The van der Waals surface area contributed by atoms with Crippen molar-refractivity contribution in [1.82, 2.24) is 0 Å². The van der Waals surface area contributed by atoms with Crippen LogP contribution in [0.25, 0.3) is 0 Å². The van der Waals surface area contributed by atoms with Crippen LogP contribution in [-0.4, -0.2) is 17.7 Å². The zero-order chi connectivity index (χ0) is 13.3. The molecule has 0 saturated heterocycles. The summed E-state index contributed by atoms with van der Waals surface area (Å²) in [7, 11) is 0. The Kier molecular flexibility index (Phi) is 1.98. The van der Waals surface area contributed by atoms with Crippen LogP contribution in [0.1, 0.15) is 54.2 Å². The van der Waals surface area contributed by atoms with Gasteiger partial charge in [0.15, 0.2) is 0 Å². The van der Waals surface area contributed by atoms with Crippen molar-refractivity contribution in [2.75, 3.05) is 6.61 Å². The molecule has 1 atom stereocenters. The van der Waals surface area contributed by atoms with Gasteiger partial charge in [0.25, 0.3) is 0 Å². The van der Waals surface area contributed by atoms with E-state index in [2.05, 4.69) is 20.8 Å². The van der Waals surface area contributed by atoms with Crippen molar-refractivity contribution >= 4 is 5.97 Å². The first-order chi connectivity index (χ1) is 8.26. The third-order valence-corrected chi connectivity index (χ3v) is 4.34. The molecule has 0 radical (unpaired) electrons. The van der Waals surface area contributed by atoms with Gasteiger partial charge >= 0.3 is 5.97 Å². The number of rotatable bonds is 0. The van der Waals surface area contributed by atoms with E-state index < -0.39 is 0 Å². The number of aryl methyl sites for hydroxylation is 1. The van der Waals surface area contributed by atoms with Crippen molar-refractivity contribution in [3.05, 3.63) is 28.3 Å². The fourth-order valence-corrected chi connectivity index (χ4v) is 3.92. The van der Waals surface area contributed by atoms with Crippen LogP contribution in [0, 0.1) is 6.92 Å². The first-order valence-electron chi connectivity index (χ1n) is 6.31. The molecule has 0 saturated carbocycles. The molecule has 0 spiro atoms. The summed E-state index contributed by atoms with van der Waals surface area (Å²) in [6, 6.07) is 1.69. The lowest BCUT2D eigenvalue weighted by atomic mass is 9.78. The van der Waals surface area contributed by atoms with E-state index in [4.69, 9.17) is 4.74 Å². The van der Waals surface area contributed by atoms with Crippen molar-refractivity contribution in [3.8, 4) is 5.75 Å². The largest absolute Gasteiger partial charge is 0.508 e. The van der Waals surface area contributed by atoms with Crippen LogP contribution in [0.2, 0.25) is 0 Å². The van der Waals surface area contributed by atoms with Crippen molar-refractivity contribution in [2.45, 2.75) is 44.9 Å². The predicted molar refractivity (Wildman–Crippen MR) is 68.1 cm³/mol. The first-order valence-corrected chi connectivity index (χ1v) is 6.31. The molecule has 0 fully saturated rings. The molecular weight excluding hydrogens is 228 g/mol. The number of phenolic OH excluding ortho intramolecular Hbond substituents is 1. The highest BCUT2D eigenvalue weighted by Crippen LogP contribution is 2.56. The Labute approximate surface area is 107 Å². The molecule has 18 heavy (non-hydrogen) atoms. The molecule has 96 valence electrons. The van der Waals surface area contributed by atoms with E-state index in [-0.39, 0.29) is 16.8 Å². The second kappa shape index (κ2) is 3.08. The van der Waals surface area contributed by atoms with E-state index in [0.29, 0.717) is 17.9 Å². The van der Waals surface area contributed by atoms with Crippen molar-refractivity contribution in [3.63, 3.8) is 0 Å². The number of hydrogen-bond acceptors (Lipinski definition) is 3. The molecule has 1 N–H and O–H groups in total. The lowest BCUT2D eigenvalue weighted by Gasteiger charge is -2.32. The highest BCUT2D eigenvalue weighted by molar-refractivity contribution is 5.96. The summed E-state index contributed by atoms with van der Waals surface area (Å²) in [5.41, 5.74) is 3.14. The van der Waals surface area contributed by atoms with E-state index in [1.165, 1.54) is 0 Å². The van der Waals surface area contributed by atoms with Gasteiger partial charge < -0.3 is 9.84 Å². The molecule has 0 amide bonds. The van der Waals surface area contributed by atoms with Gasteiger partial charge in [-0.1, -0.05) is 20.8 Å². The maximum absolute atomic E-state index is 12.0. The van der Waals surface area contributed by atoms with Crippen LogP contribution in [0.15, 0.2) is 6.07 Å². The summed E-state index contributed by atoms with van der Waals surface area (Å²) >= 11 is 0. The van der Waals surface area contributed by atoms with Crippen LogP contribution >= 0.6 is 0 Å². The monoisotopic (exact) mass is 246 g/mol. The second-order valence-corrected chi connectivity index (χ2v) is 6.54. The van der Waals surface area contributed by atoms with Crippen molar-refractivity contribution in [2.24, 2.45) is 0 Å². The van der Waals surface area contributed by atoms with Gasteiger partial charge in [-0.3, -0.25) is 0 Å². The predicted octanol–water partition coefficient (Wildman–Crippen LogP) is 2.81. The summed E-state index contributed by atoms with van der Waals surface area (Å²) in [4.78, 5) is 12.0. The highest BCUT2D eigenvalue weighted by atomic mass is 16.5. The molecule has 2 aliphatic rings. The Bertz CT molecular complexity index is 572. The Hall–Kier alpha value is -1.51. The van der Waals surface area contributed by atoms with Gasteiger partial charge in [-0.2, -0.15) is 0 Å². The molecule has 1 aromatic carbocycles. The Morgan fingerprint density at radius 3 is 2.61 bits per heavy atom. The number of esters is 1. The van der Waals surface area contributed by atoms with Gasteiger partial charge in [0, 0.05) is 11.0 Å². The van der Waals surface area contributed by atoms with Crippen molar-refractivity contribution in [1.29, 1.82) is 0 Å². The van der Waals surface area contributed by atoms with E-state index in [1.54, 1.807) is 6.07 Å². The van der Waals surface area contributed by atoms with Gasteiger partial charge in [0.05, 0.1) is 5.56 Å². The molecule has 1 heterocycles. The minimum absolute atomic E-state index is 0.120. The SMILES string of the molecule is Cc1cc(O)c2c3c1C(=O)OC[C@@]3(C)CC2(C)C. The average Bonchev–Trinajstić information content (AvgIpc) is 2.43. The number of carbonyl (C=O) groups excluding carboxylic acids is 1. The fraction of sp³-hybridized carbons (Fsp3) is 0.533. The first kappa shape index (κ1) is 11.6. The number of carbonyl (C=O) groups is 1. The summed E-state index contributed by atoms with van der Waals surface area (Å²) in [5.74, 6) is 0.0635. The highest BCUT2D eigenvalue weighted by Gasteiger charge is 2.52. The number of aromatic hydroxyl groups is 1. The lowest BCUT2D eigenvalue weighted by Crippen LogP contribution is -2.35. The number of phenols is 1. The zero-order valence-corrected chi connectivity index (χ0v) is 11.3. The molecule has 0 unspecified atom stereocenters. The average molecular weight is 246 g/mol. The van der Waals surface area contributed by atoms with E-state index in [0.717, 1.165) is 23.1 Å². The molecule has 3 nitrogen and oxygen atoms in total. The Balaban J connectivity index is 2.45. The lowest BCUT2D eigenvalue weighted by molar-refractivity contribution is 0.0347. The van der Waals surface area contributed by atoms with Crippen LogP contribution in [0.4, 0.5) is 0 Å². The standard InChI is InChI=1S/C15H18O3/c1-8-5-9(16)11-12-10(8)13(17)18-7-15(12,4)6-14(11,2)3/h5,16H,6-7H2,1-4H3/t15-/m1/s1. The summed E-state index contributed by atoms with van der Waals surface area (Å²) in [6.07, 6.45) is 0.895. The van der Waals surface area contributed by atoms with E-state index >= 15 is 0 Å². The van der Waals surface area contributed by atoms with Gasteiger partial charge in [-0.25, -0.2) is 4.79 Å². The molecule has 0 bridgehead atoms. The summed E-state index contributed by atoms with van der Waals surface area (Å²) < 4.78 is 5.34. The molecule has 1 aliphatic heterocycles. The number of cyclic esters (lactones) is 1. The van der Waals surface area contributed by atoms with Gasteiger partial charge in [0.2, 0.25) is 0 Å². The van der Waals surface area contributed by atoms with Crippen LogP contribution in [0.3, 0.4) is 0 Å². The quantitative estimate of drug-likeness (QED) is 0.716. The maximum atomic E-state index is 12.0.